The Morgan fingerprint density at radius 2 is 2.07 bits per heavy atom. The van der Waals surface area contributed by atoms with Crippen LogP contribution in [-0.4, -0.2) is 88.8 Å². The second kappa shape index (κ2) is 8.99. The van der Waals surface area contributed by atoms with Crippen molar-refractivity contribution in [2.75, 3.05) is 58.3 Å². The molecule has 3 aliphatic rings. The van der Waals surface area contributed by atoms with Crippen LogP contribution >= 0.6 is 23.1 Å². The van der Waals surface area contributed by atoms with Crippen molar-refractivity contribution in [1.29, 1.82) is 0 Å². The predicted octanol–water partition coefficient (Wildman–Crippen LogP) is 1.11. The first kappa shape index (κ1) is 19.9. The molecule has 1 atom stereocenters. The Balaban J connectivity index is 1.26. The van der Waals surface area contributed by atoms with Gasteiger partial charge >= 0.3 is 0 Å². The van der Waals surface area contributed by atoms with Crippen molar-refractivity contribution in [3.05, 3.63) is 21.6 Å². The number of fused-ring (bicyclic) bond motifs is 2. The van der Waals surface area contributed by atoms with Crippen LogP contribution in [0.4, 0.5) is 0 Å². The zero-order chi connectivity index (χ0) is 19.6. The van der Waals surface area contributed by atoms with Crippen molar-refractivity contribution in [1.82, 2.24) is 24.4 Å². The molecular weight excluding hydrogens is 410 g/mol. The topological polar surface area (TPSA) is 72.2 Å². The molecule has 10 heteroatoms. The number of rotatable bonds is 6. The molecule has 158 valence electrons. The van der Waals surface area contributed by atoms with Gasteiger partial charge in [0.1, 0.15) is 0 Å². The van der Waals surface area contributed by atoms with Crippen molar-refractivity contribution in [3.8, 4) is 0 Å². The Morgan fingerprint density at radius 1 is 1.17 bits per heavy atom. The molecule has 3 aliphatic heterocycles. The van der Waals surface area contributed by atoms with Crippen molar-refractivity contribution >= 4 is 28.1 Å². The molecule has 2 saturated heterocycles. The molecule has 0 aromatic carbocycles. The van der Waals surface area contributed by atoms with E-state index in [0.717, 1.165) is 98.1 Å². The summed E-state index contributed by atoms with van der Waals surface area (Å²) >= 11 is 3.24. The van der Waals surface area contributed by atoms with Gasteiger partial charge in [0.25, 0.3) is 5.56 Å². The number of nitrogens with zero attached hydrogens (tertiary/aromatic N) is 5. The third-order valence-electron chi connectivity index (χ3n) is 5.84. The van der Waals surface area contributed by atoms with E-state index >= 15 is 0 Å². The van der Waals surface area contributed by atoms with Crippen molar-refractivity contribution in [3.63, 3.8) is 0 Å². The average Bonchev–Trinajstić information content (AvgIpc) is 3.39. The lowest BCUT2D eigenvalue weighted by molar-refractivity contribution is 0.0410. The zero-order valence-corrected chi connectivity index (χ0v) is 18.2. The molecule has 0 spiro atoms. The van der Waals surface area contributed by atoms with Gasteiger partial charge in [0.2, 0.25) is 4.96 Å². The van der Waals surface area contributed by atoms with Crippen molar-refractivity contribution in [2.45, 2.75) is 36.3 Å². The summed E-state index contributed by atoms with van der Waals surface area (Å²) < 4.78 is 13.6. The Hall–Kier alpha value is -1.04. The van der Waals surface area contributed by atoms with Gasteiger partial charge in [-0.2, -0.15) is 4.52 Å². The highest BCUT2D eigenvalue weighted by Crippen LogP contribution is 2.25. The normalized spacial score (nSPS) is 23.7. The summed E-state index contributed by atoms with van der Waals surface area (Å²) in [5.74, 6) is 0.962. The van der Waals surface area contributed by atoms with Gasteiger partial charge in [-0.15, -0.1) is 5.10 Å². The Labute approximate surface area is 178 Å². The second-order valence-electron chi connectivity index (χ2n) is 7.83. The smallest absolute Gasteiger partial charge is 0.279 e. The number of aromatic nitrogens is 3. The summed E-state index contributed by atoms with van der Waals surface area (Å²) in [4.78, 5) is 23.3. The number of thioether (sulfide) groups is 1. The van der Waals surface area contributed by atoms with E-state index in [1.165, 1.54) is 15.9 Å². The Bertz CT molecular complexity index is 905. The summed E-state index contributed by atoms with van der Waals surface area (Å²) in [5, 5.41) is 4.57. The SMILES string of the molecule is O=c1c2c(nc3sc(SCCN4CCOCC4)nn13)CCN(C[C@@H]1CCCO1)C2. The number of hydrogen-bond donors (Lipinski definition) is 0. The maximum atomic E-state index is 13.1. The van der Waals surface area contributed by atoms with E-state index in [2.05, 4.69) is 14.9 Å². The fourth-order valence-corrected chi connectivity index (χ4v) is 6.23. The first-order chi connectivity index (χ1) is 14.3. The Morgan fingerprint density at radius 3 is 2.90 bits per heavy atom. The predicted molar refractivity (Wildman–Crippen MR) is 113 cm³/mol. The summed E-state index contributed by atoms with van der Waals surface area (Å²) in [6.45, 7) is 8.01. The molecule has 0 aliphatic carbocycles. The third kappa shape index (κ3) is 4.52. The van der Waals surface area contributed by atoms with E-state index in [-0.39, 0.29) is 5.56 Å². The van der Waals surface area contributed by atoms with E-state index in [0.29, 0.717) is 12.6 Å². The van der Waals surface area contributed by atoms with Gasteiger partial charge in [0.15, 0.2) is 4.34 Å². The van der Waals surface area contributed by atoms with E-state index in [9.17, 15) is 4.79 Å². The van der Waals surface area contributed by atoms with Gasteiger partial charge in [-0.05, 0) is 12.8 Å². The van der Waals surface area contributed by atoms with Crippen LogP contribution in [0.3, 0.4) is 0 Å². The highest BCUT2D eigenvalue weighted by atomic mass is 32.2. The molecule has 0 saturated carbocycles. The molecule has 0 unspecified atom stereocenters. The van der Waals surface area contributed by atoms with Crippen molar-refractivity contribution in [2.24, 2.45) is 0 Å². The largest absolute Gasteiger partial charge is 0.379 e. The molecule has 0 radical (unpaired) electrons. The lowest BCUT2D eigenvalue weighted by Gasteiger charge is -2.29. The molecule has 2 aromatic rings. The fourth-order valence-electron chi connectivity index (χ4n) is 4.21. The second-order valence-corrected chi connectivity index (χ2v) is 10.1. The van der Waals surface area contributed by atoms with Gasteiger partial charge in [0.05, 0.1) is 30.6 Å². The first-order valence-electron chi connectivity index (χ1n) is 10.4. The van der Waals surface area contributed by atoms with Crippen LogP contribution in [0.25, 0.3) is 4.96 Å². The lowest BCUT2D eigenvalue weighted by Crippen LogP contribution is -2.40. The first-order valence-corrected chi connectivity index (χ1v) is 12.2. The molecule has 5 rings (SSSR count). The quantitative estimate of drug-likeness (QED) is 0.623. The summed E-state index contributed by atoms with van der Waals surface area (Å²) in [6.07, 6.45) is 3.40. The van der Waals surface area contributed by atoms with Crippen LogP contribution < -0.4 is 5.56 Å². The third-order valence-corrected chi connectivity index (χ3v) is 7.86. The van der Waals surface area contributed by atoms with E-state index in [1.807, 2.05) is 0 Å². The van der Waals surface area contributed by atoms with E-state index in [1.54, 1.807) is 11.8 Å². The highest BCUT2D eigenvalue weighted by Gasteiger charge is 2.26. The van der Waals surface area contributed by atoms with Crippen LogP contribution in [0.5, 0.6) is 0 Å². The molecule has 2 fully saturated rings. The molecule has 5 heterocycles. The fraction of sp³-hybridized carbons (Fsp3) is 0.737. The van der Waals surface area contributed by atoms with Gasteiger partial charge in [0, 0.05) is 58.0 Å². The molecular formula is C19H27N5O3S2. The average molecular weight is 438 g/mol. The molecule has 0 N–H and O–H groups in total. The standard InChI is InChI=1S/C19H27N5O3S2/c25-17-15-13-23(12-14-2-1-8-27-14)4-3-16(15)20-18-24(17)21-19(29-18)28-11-7-22-5-9-26-10-6-22/h14H,1-13H2/t14-/m0/s1. The van der Waals surface area contributed by atoms with Crippen LogP contribution in [0.15, 0.2) is 9.13 Å². The molecule has 0 bridgehead atoms. The lowest BCUT2D eigenvalue weighted by atomic mass is 10.1. The van der Waals surface area contributed by atoms with Crippen LogP contribution in [-0.2, 0) is 22.4 Å². The van der Waals surface area contributed by atoms with Crippen LogP contribution in [0.1, 0.15) is 24.1 Å². The maximum absolute atomic E-state index is 13.1. The summed E-state index contributed by atoms with van der Waals surface area (Å²) in [5.41, 5.74) is 1.76. The van der Waals surface area contributed by atoms with E-state index < -0.39 is 0 Å². The summed E-state index contributed by atoms with van der Waals surface area (Å²) in [7, 11) is 0. The number of morpholine rings is 1. The number of ether oxygens (including phenoxy) is 2. The molecule has 2 aromatic heterocycles. The molecule has 8 nitrogen and oxygen atoms in total. The van der Waals surface area contributed by atoms with Gasteiger partial charge in [-0.25, -0.2) is 4.98 Å². The molecule has 29 heavy (non-hydrogen) atoms. The Kier molecular flexibility index (Phi) is 6.17. The van der Waals surface area contributed by atoms with Crippen molar-refractivity contribution < 1.29 is 9.47 Å². The van der Waals surface area contributed by atoms with Crippen LogP contribution in [0, 0.1) is 0 Å². The number of hydrogen-bond acceptors (Lipinski definition) is 9. The van der Waals surface area contributed by atoms with Gasteiger partial charge in [-0.1, -0.05) is 23.1 Å². The highest BCUT2D eigenvalue weighted by molar-refractivity contribution is 8.01. The van der Waals surface area contributed by atoms with Gasteiger partial charge < -0.3 is 9.47 Å². The maximum Gasteiger partial charge on any atom is 0.279 e. The minimum atomic E-state index is -0.00156. The van der Waals surface area contributed by atoms with E-state index in [4.69, 9.17) is 14.5 Å². The summed E-state index contributed by atoms with van der Waals surface area (Å²) in [6, 6.07) is 0. The van der Waals surface area contributed by atoms with Gasteiger partial charge in [-0.3, -0.25) is 14.6 Å². The monoisotopic (exact) mass is 437 g/mol. The minimum absolute atomic E-state index is 0.00156. The minimum Gasteiger partial charge on any atom is -0.379 e. The van der Waals surface area contributed by atoms with Crippen LogP contribution in [0.2, 0.25) is 0 Å². The molecule has 0 amide bonds. The zero-order valence-electron chi connectivity index (χ0n) is 16.5.